The van der Waals surface area contributed by atoms with E-state index in [0.29, 0.717) is 12.8 Å². The van der Waals surface area contributed by atoms with Crippen LogP contribution in [0.5, 0.6) is 0 Å². The molecule has 2 aromatic carbocycles. The molecule has 1 radical (unpaired) electrons. The first-order valence-electron chi connectivity index (χ1n) is 8.70. The SMILES string of the molecule is [CH2]CCC(=O)N1CCN(Cc2ccc(-c3ccccc3)cc2)CC1. The van der Waals surface area contributed by atoms with Gasteiger partial charge in [-0.2, -0.15) is 0 Å². The molecule has 0 atom stereocenters. The summed E-state index contributed by atoms with van der Waals surface area (Å²) in [6, 6.07) is 19.3. The summed E-state index contributed by atoms with van der Waals surface area (Å²) in [6.07, 6.45) is 1.26. The van der Waals surface area contributed by atoms with Gasteiger partial charge in [0.25, 0.3) is 0 Å². The Labute approximate surface area is 144 Å². The van der Waals surface area contributed by atoms with Gasteiger partial charge in [0.15, 0.2) is 0 Å². The van der Waals surface area contributed by atoms with E-state index in [1.165, 1.54) is 16.7 Å². The van der Waals surface area contributed by atoms with Gasteiger partial charge in [0, 0.05) is 39.1 Å². The second-order valence-electron chi connectivity index (χ2n) is 6.32. The van der Waals surface area contributed by atoms with Gasteiger partial charge in [-0.05, 0) is 23.1 Å². The maximum Gasteiger partial charge on any atom is 0.222 e. The van der Waals surface area contributed by atoms with Crippen LogP contribution in [0, 0.1) is 6.92 Å². The topological polar surface area (TPSA) is 23.6 Å². The van der Waals surface area contributed by atoms with Gasteiger partial charge in [-0.25, -0.2) is 0 Å². The highest BCUT2D eigenvalue weighted by atomic mass is 16.2. The Kier molecular flexibility index (Phi) is 5.65. The molecule has 1 heterocycles. The lowest BCUT2D eigenvalue weighted by atomic mass is 10.0. The summed E-state index contributed by atoms with van der Waals surface area (Å²) in [5.74, 6) is 0.247. The molecule has 1 aliphatic rings. The second kappa shape index (κ2) is 8.11. The number of piperazine rings is 1. The molecule has 0 bridgehead atoms. The minimum absolute atomic E-state index is 0.247. The number of nitrogens with zero attached hydrogens (tertiary/aromatic N) is 2. The standard InChI is InChI=1S/C21H25N2O/c1-2-6-21(24)23-15-13-22(14-16-23)17-18-9-11-20(12-10-18)19-7-4-3-5-8-19/h3-5,7-12H,1-2,6,13-17H2. The molecule has 1 amide bonds. The summed E-state index contributed by atoms with van der Waals surface area (Å²) < 4.78 is 0. The predicted octanol–water partition coefficient (Wildman–Crippen LogP) is 3.61. The molecule has 0 N–H and O–H groups in total. The van der Waals surface area contributed by atoms with Gasteiger partial charge >= 0.3 is 0 Å². The van der Waals surface area contributed by atoms with Crippen LogP contribution in [0.4, 0.5) is 0 Å². The van der Waals surface area contributed by atoms with Crippen molar-refractivity contribution in [2.75, 3.05) is 26.2 Å². The monoisotopic (exact) mass is 321 g/mol. The van der Waals surface area contributed by atoms with Crippen molar-refractivity contribution in [3.63, 3.8) is 0 Å². The zero-order valence-corrected chi connectivity index (χ0v) is 14.2. The Morgan fingerprint density at radius 2 is 1.50 bits per heavy atom. The molecular weight excluding hydrogens is 296 g/mol. The first-order valence-corrected chi connectivity index (χ1v) is 8.70. The van der Waals surface area contributed by atoms with Crippen LogP contribution >= 0.6 is 0 Å². The molecule has 3 nitrogen and oxygen atoms in total. The Hall–Kier alpha value is -2.13. The quantitative estimate of drug-likeness (QED) is 0.840. The Bertz CT molecular complexity index is 643. The van der Waals surface area contributed by atoms with Crippen LogP contribution in [0.25, 0.3) is 11.1 Å². The normalized spacial score (nSPS) is 15.5. The average molecular weight is 321 g/mol. The fourth-order valence-corrected chi connectivity index (χ4v) is 3.16. The fourth-order valence-electron chi connectivity index (χ4n) is 3.16. The number of hydrogen-bond donors (Lipinski definition) is 0. The van der Waals surface area contributed by atoms with E-state index >= 15 is 0 Å². The van der Waals surface area contributed by atoms with Crippen molar-refractivity contribution in [3.05, 3.63) is 67.1 Å². The largest absolute Gasteiger partial charge is 0.340 e. The van der Waals surface area contributed by atoms with Crippen molar-refractivity contribution >= 4 is 5.91 Å². The summed E-state index contributed by atoms with van der Waals surface area (Å²) in [4.78, 5) is 16.3. The number of hydrogen-bond acceptors (Lipinski definition) is 2. The molecule has 3 heteroatoms. The lowest BCUT2D eigenvalue weighted by Gasteiger charge is -2.34. The number of rotatable bonds is 5. The molecule has 0 unspecified atom stereocenters. The van der Waals surface area contributed by atoms with Crippen LogP contribution < -0.4 is 0 Å². The maximum absolute atomic E-state index is 11.9. The van der Waals surface area contributed by atoms with E-state index in [1.54, 1.807) is 0 Å². The van der Waals surface area contributed by atoms with Crippen molar-refractivity contribution in [1.82, 2.24) is 9.80 Å². The highest BCUT2D eigenvalue weighted by Crippen LogP contribution is 2.20. The van der Waals surface area contributed by atoms with Crippen molar-refractivity contribution in [2.24, 2.45) is 0 Å². The zero-order chi connectivity index (χ0) is 16.8. The van der Waals surface area contributed by atoms with Crippen LogP contribution in [0.3, 0.4) is 0 Å². The van der Waals surface area contributed by atoms with E-state index in [4.69, 9.17) is 0 Å². The van der Waals surface area contributed by atoms with Crippen molar-refractivity contribution in [2.45, 2.75) is 19.4 Å². The Balaban J connectivity index is 1.53. The van der Waals surface area contributed by atoms with E-state index in [-0.39, 0.29) is 5.91 Å². The highest BCUT2D eigenvalue weighted by molar-refractivity contribution is 5.76. The summed E-state index contributed by atoms with van der Waals surface area (Å²) in [6.45, 7) is 8.28. The van der Waals surface area contributed by atoms with Crippen LogP contribution in [-0.2, 0) is 11.3 Å². The van der Waals surface area contributed by atoms with Crippen LogP contribution in [0.15, 0.2) is 54.6 Å². The van der Waals surface area contributed by atoms with E-state index in [9.17, 15) is 4.79 Å². The molecule has 0 saturated carbocycles. The van der Waals surface area contributed by atoms with Gasteiger partial charge in [-0.1, -0.05) is 61.5 Å². The first kappa shape index (κ1) is 16.7. The first-order chi connectivity index (χ1) is 11.8. The van der Waals surface area contributed by atoms with Gasteiger partial charge in [-0.15, -0.1) is 0 Å². The molecule has 2 aromatic rings. The average Bonchev–Trinajstić information content (AvgIpc) is 2.64. The minimum atomic E-state index is 0.247. The van der Waals surface area contributed by atoms with Crippen molar-refractivity contribution in [3.8, 4) is 11.1 Å². The van der Waals surface area contributed by atoms with Gasteiger partial charge in [-0.3, -0.25) is 9.69 Å². The van der Waals surface area contributed by atoms with Crippen molar-refractivity contribution < 1.29 is 4.79 Å². The molecule has 0 aliphatic carbocycles. The predicted molar refractivity (Wildman–Crippen MR) is 98.3 cm³/mol. The third kappa shape index (κ3) is 4.24. The van der Waals surface area contributed by atoms with Crippen molar-refractivity contribution in [1.29, 1.82) is 0 Å². The molecule has 1 fully saturated rings. The molecule has 0 aromatic heterocycles. The summed E-state index contributed by atoms with van der Waals surface area (Å²) >= 11 is 0. The lowest BCUT2D eigenvalue weighted by molar-refractivity contribution is -0.132. The third-order valence-corrected chi connectivity index (χ3v) is 4.58. The highest BCUT2D eigenvalue weighted by Gasteiger charge is 2.20. The van der Waals surface area contributed by atoms with Gasteiger partial charge in [0.2, 0.25) is 5.91 Å². The second-order valence-corrected chi connectivity index (χ2v) is 6.32. The molecule has 125 valence electrons. The van der Waals surface area contributed by atoms with E-state index in [0.717, 1.165) is 32.7 Å². The molecule has 1 saturated heterocycles. The number of amides is 1. The smallest absolute Gasteiger partial charge is 0.222 e. The Morgan fingerprint density at radius 3 is 2.12 bits per heavy atom. The number of carbonyl (C=O) groups is 1. The van der Waals surface area contributed by atoms with Gasteiger partial charge in [0.05, 0.1) is 0 Å². The maximum atomic E-state index is 11.9. The van der Waals surface area contributed by atoms with Gasteiger partial charge in [0.1, 0.15) is 0 Å². The zero-order valence-electron chi connectivity index (χ0n) is 14.2. The Morgan fingerprint density at radius 1 is 0.875 bits per heavy atom. The summed E-state index contributed by atoms with van der Waals surface area (Å²) in [5.41, 5.74) is 3.83. The molecular formula is C21H25N2O. The molecule has 1 aliphatic heterocycles. The fraction of sp³-hybridized carbons (Fsp3) is 0.333. The van der Waals surface area contributed by atoms with Gasteiger partial charge < -0.3 is 4.90 Å². The minimum Gasteiger partial charge on any atom is -0.340 e. The summed E-state index contributed by atoms with van der Waals surface area (Å²) in [7, 11) is 0. The van der Waals surface area contributed by atoms with Crippen LogP contribution in [-0.4, -0.2) is 41.9 Å². The lowest BCUT2D eigenvalue weighted by Crippen LogP contribution is -2.48. The molecule has 3 rings (SSSR count). The van der Waals surface area contributed by atoms with Crippen LogP contribution in [0.1, 0.15) is 18.4 Å². The summed E-state index contributed by atoms with van der Waals surface area (Å²) in [5, 5.41) is 0. The third-order valence-electron chi connectivity index (χ3n) is 4.58. The van der Waals surface area contributed by atoms with E-state index in [1.807, 2.05) is 11.0 Å². The number of benzene rings is 2. The number of carbonyl (C=O) groups excluding carboxylic acids is 1. The molecule has 24 heavy (non-hydrogen) atoms. The van der Waals surface area contributed by atoms with E-state index in [2.05, 4.69) is 60.4 Å². The van der Waals surface area contributed by atoms with Crippen LogP contribution in [0.2, 0.25) is 0 Å². The van der Waals surface area contributed by atoms with E-state index < -0.39 is 0 Å². The molecule has 0 spiro atoms.